The summed E-state index contributed by atoms with van der Waals surface area (Å²) < 4.78 is 5.77. The number of hydrogen-bond acceptors (Lipinski definition) is 3. The Morgan fingerprint density at radius 3 is 2.86 bits per heavy atom. The van der Waals surface area contributed by atoms with Crippen molar-refractivity contribution >= 4 is 0 Å². The molecule has 1 aliphatic heterocycles. The lowest BCUT2D eigenvalue weighted by atomic mass is 10.2. The molecule has 1 aromatic heterocycles. The molecule has 0 bridgehead atoms. The maximum atomic E-state index is 5.77. The molecule has 2 fully saturated rings. The van der Waals surface area contributed by atoms with Crippen LogP contribution in [0.4, 0.5) is 0 Å². The molecule has 0 radical (unpaired) electrons. The van der Waals surface area contributed by atoms with Crippen LogP contribution in [0.1, 0.15) is 24.5 Å². The summed E-state index contributed by atoms with van der Waals surface area (Å²) in [5.41, 5.74) is 1.20. The molecule has 3 nitrogen and oxygen atoms in total. The van der Waals surface area contributed by atoms with Crippen molar-refractivity contribution in [1.82, 2.24) is 10.3 Å². The average Bonchev–Trinajstić information content (AvgIpc) is 2.95. The Labute approximate surface area is 83.5 Å². The molecule has 2 aliphatic rings. The number of ether oxygens (including phenoxy) is 1. The molecule has 1 saturated carbocycles. The molecule has 1 aromatic rings. The van der Waals surface area contributed by atoms with Gasteiger partial charge in [0.25, 0.3) is 0 Å². The maximum absolute atomic E-state index is 5.77. The van der Waals surface area contributed by atoms with E-state index >= 15 is 0 Å². The lowest BCUT2D eigenvalue weighted by Crippen LogP contribution is -2.50. The van der Waals surface area contributed by atoms with Crippen molar-refractivity contribution in [3.05, 3.63) is 24.0 Å². The summed E-state index contributed by atoms with van der Waals surface area (Å²) in [7, 11) is 0. The summed E-state index contributed by atoms with van der Waals surface area (Å²) in [5.74, 6) is 1.69. The quantitative estimate of drug-likeness (QED) is 0.780. The zero-order valence-electron chi connectivity index (χ0n) is 8.07. The van der Waals surface area contributed by atoms with Crippen LogP contribution in [0.2, 0.25) is 0 Å². The third-order valence-corrected chi connectivity index (χ3v) is 2.79. The van der Waals surface area contributed by atoms with E-state index in [0.29, 0.717) is 12.0 Å². The lowest BCUT2D eigenvalue weighted by Gasteiger charge is -2.27. The van der Waals surface area contributed by atoms with Crippen LogP contribution in [0.25, 0.3) is 0 Å². The number of nitrogens with zero attached hydrogens (tertiary/aromatic N) is 1. The summed E-state index contributed by atoms with van der Waals surface area (Å²) >= 11 is 0. The predicted molar refractivity (Wildman–Crippen MR) is 53.5 cm³/mol. The molecule has 0 amide bonds. The molecule has 1 N–H and O–H groups in total. The lowest BCUT2D eigenvalue weighted by molar-refractivity contribution is 0.142. The molecule has 2 heterocycles. The number of hydrogen-bond donors (Lipinski definition) is 1. The highest BCUT2D eigenvalue weighted by Gasteiger charge is 2.25. The largest absolute Gasteiger partial charge is 0.488 e. The van der Waals surface area contributed by atoms with Crippen molar-refractivity contribution in [3.63, 3.8) is 0 Å². The number of nitrogens with one attached hydrogen (secondary N) is 1. The molecule has 74 valence electrons. The van der Waals surface area contributed by atoms with Gasteiger partial charge in [0.2, 0.25) is 0 Å². The number of rotatable bonds is 3. The molecule has 0 atom stereocenters. The molecule has 0 aromatic carbocycles. The molecular formula is C11H14N2O. The zero-order chi connectivity index (χ0) is 9.38. The van der Waals surface area contributed by atoms with Crippen molar-refractivity contribution in [2.45, 2.75) is 24.9 Å². The standard InChI is InChI=1S/C11H14N2O/c1-2-8(1)11-5-9(3-4-13-11)14-10-6-12-7-10/h3-5,8,10,12H,1-2,6-7H2. The summed E-state index contributed by atoms with van der Waals surface area (Å²) in [6.45, 7) is 1.95. The van der Waals surface area contributed by atoms with E-state index in [9.17, 15) is 0 Å². The van der Waals surface area contributed by atoms with Gasteiger partial charge in [0.1, 0.15) is 11.9 Å². The van der Waals surface area contributed by atoms with Gasteiger partial charge in [-0.05, 0) is 18.9 Å². The topological polar surface area (TPSA) is 34.1 Å². The van der Waals surface area contributed by atoms with Crippen LogP contribution in [-0.4, -0.2) is 24.2 Å². The minimum Gasteiger partial charge on any atom is -0.488 e. The molecule has 1 aliphatic carbocycles. The van der Waals surface area contributed by atoms with Crippen LogP contribution in [0.5, 0.6) is 5.75 Å². The van der Waals surface area contributed by atoms with Crippen LogP contribution in [0, 0.1) is 0 Å². The van der Waals surface area contributed by atoms with Crippen LogP contribution < -0.4 is 10.1 Å². The van der Waals surface area contributed by atoms with Gasteiger partial charge in [-0.15, -0.1) is 0 Å². The molecule has 0 spiro atoms. The van der Waals surface area contributed by atoms with Crippen LogP contribution in [0.15, 0.2) is 18.3 Å². The van der Waals surface area contributed by atoms with Gasteiger partial charge >= 0.3 is 0 Å². The van der Waals surface area contributed by atoms with Gasteiger partial charge in [-0.2, -0.15) is 0 Å². The fourth-order valence-corrected chi connectivity index (χ4v) is 1.64. The summed E-state index contributed by atoms with van der Waals surface area (Å²) in [5, 5.41) is 3.19. The Morgan fingerprint density at radius 1 is 1.36 bits per heavy atom. The highest BCUT2D eigenvalue weighted by atomic mass is 16.5. The van der Waals surface area contributed by atoms with Crippen LogP contribution >= 0.6 is 0 Å². The van der Waals surface area contributed by atoms with Gasteiger partial charge in [0.05, 0.1) is 0 Å². The fraction of sp³-hybridized carbons (Fsp3) is 0.545. The molecular weight excluding hydrogens is 176 g/mol. The van der Waals surface area contributed by atoms with Gasteiger partial charge in [-0.3, -0.25) is 4.98 Å². The number of aromatic nitrogens is 1. The van der Waals surface area contributed by atoms with E-state index in [-0.39, 0.29) is 0 Å². The molecule has 14 heavy (non-hydrogen) atoms. The Bertz CT molecular complexity index is 332. The average molecular weight is 190 g/mol. The van der Waals surface area contributed by atoms with Gasteiger partial charge in [-0.1, -0.05) is 0 Å². The van der Waals surface area contributed by atoms with Crippen LogP contribution in [-0.2, 0) is 0 Å². The summed E-state index contributed by atoms with van der Waals surface area (Å²) in [6.07, 6.45) is 4.81. The highest BCUT2D eigenvalue weighted by molar-refractivity contribution is 5.27. The van der Waals surface area contributed by atoms with Gasteiger partial charge in [0.15, 0.2) is 0 Å². The minimum absolute atomic E-state index is 0.365. The Kier molecular flexibility index (Phi) is 1.91. The van der Waals surface area contributed by atoms with E-state index in [4.69, 9.17) is 4.74 Å². The van der Waals surface area contributed by atoms with E-state index in [1.165, 1.54) is 18.5 Å². The third kappa shape index (κ3) is 1.60. The minimum atomic E-state index is 0.365. The molecule has 0 unspecified atom stereocenters. The fourth-order valence-electron chi connectivity index (χ4n) is 1.64. The first-order valence-electron chi connectivity index (χ1n) is 5.25. The third-order valence-electron chi connectivity index (χ3n) is 2.79. The van der Waals surface area contributed by atoms with Gasteiger partial charge < -0.3 is 10.1 Å². The second-order valence-corrected chi connectivity index (χ2v) is 4.09. The first-order valence-corrected chi connectivity index (χ1v) is 5.25. The summed E-state index contributed by atoms with van der Waals surface area (Å²) in [4.78, 5) is 4.36. The monoisotopic (exact) mass is 190 g/mol. The second kappa shape index (κ2) is 3.24. The molecule has 3 heteroatoms. The zero-order valence-corrected chi connectivity index (χ0v) is 8.07. The van der Waals surface area contributed by atoms with Crippen LogP contribution in [0.3, 0.4) is 0 Å². The van der Waals surface area contributed by atoms with E-state index in [1.54, 1.807) is 0 Å². The maximum Gasteiger partial charge on any atom is 0.123 e. The van der Waals surface area contributed by atoms with Crippen molar-refractivity contribution in [1.29, 1.82) is 0 Å². The molecule has 3 rings (SSSR count). The Morgan fingerprint density at radius 2 is 2.21 bits per heavy atom. The van der Waals surface area contributed by atoms with Crippen molar-refractivity contribution in [2.75, 3.05) is 13.1 Å². The predicted octanol–water partition coefficient (Wildman–Crippen LogP) is 1.31. The molecule has 1 saturated heterocycles. The smallest absolute Gasteiger partial charge is 0.123 e. The SMILES string of the molecule is c1cc(OC2CNC2)cc(C2CC2)n1. The Balaban J connectivity index is 1.72. The normalized spacial score (nSPS) is 21.7. The highest BCUT2D eigenvalue weighted by Crippen LogP contribution is 2.39. The summed E-state index contributed by atoms with van der Waals surface area (Å²) in [6, 6.07) is 4.04. The first kappa shape index (κ1) is 8.24. The van der Waals surface area contributed by atoms with E-state index < -0.39 is 0 Å². The second-order valence-electron chi connectivity index (χ2n) is 4.09. The van der Waals surface area contributed by atoms with E-state index in [1.807, 2.05) is 12.3 Å². The van der Waals surface area contributed by atoms with Gasteiger partial charge in [-0.25, -0.2) is 0 Å². The van der Waals surface area contributed by atoms with Crippen molar-refractivity contribution in [3.8, 4) is 5.75 Å². The Hall–Kier alpha value is -1.09. The first-order chi connectivity index (χ1) is 6.92. The number of pyridine rings is 1. The van der Waals surface area contributed by atoms with E-state index in [2.05, 4.69) is 16.4 Å². The van der Waals surface area contributed by atoms with Crippen molar-refractivity contribution < 1.29 is 4.74 Å². The van der Waals surface area contributed by atoms with Crippen molar-refractivity contribution in [2.24, 2.45) is 0 Å². The van der Waals surface area contributed by atoms with E-state index in [0.717, 1.165) is 18.8 Å². The van der Waals surface area contributed by atoms with Gasteiger partial charge in [0, 0.05) is 37.0 Å².